The van der Waals surface area contributed by atoms with Crippen molar-refractivity contribution in [3.8, 4) is 0 Å². The Hall–Kier alpha value is -1.77. The lowest BCUT2D eigenvalue weighted by atomic mass is 10.1. The summed E-state index contributed by atoms with van der Waals surface area (Å²) in [5, 5.41) is 0. The fourth-order valence-corrected chi connectivity index (χ4v) is 1.64. The second kappa shape index (κ2) is 8.34. The van der Waals surface area contributed by atoms with Crippen molar-refractivity contribution < 1.29 is 9.53 Å². The van der Waals surface area contributed by atoms with Gasteiger partial charge in [-0.25, -0.2) is 0 Å². The molecule has 0 amide bonds. The van der Waals surface area contributed by atoms with Crippen LogP contribution in [0.4, 0.5) is 5.69 Å². The van der Waals surface area contributed by atoms with Gasteiger partial charge in [0.1, 0.15) is 0 Å². The van der Waals surface area contributed by atoms with E-state index in [1.54, 1.807) is 0 Å². The number of carbonyl (C=O) groups is 1. The minimum atomic E-state index is -0.118. The predicted molar refractivity (Wildman–Crippen MR) is 75.0 cm³/mol. The summed E-state index contributed by atoms with van der Waals surface area (Å²) in [5.41, 5.74) is 7.56. The molecule has 0 aliphatic rings. The number of allylic oxidation sites excluding steroid dienone is 1. The Morgan fingerprint density at radius 3 is 2.61 bits per heavy atom. The third-order valence-electron chi connectivity index (χ3n) is 2.73. The molecule has 0 aromatic heterocycles. The Morgan fingerprint density at radius 2 is 1.94 bits per heavy atom. The van der Waals surface area contributed by atoms with Crippen LogP contribution < -0.4 is 5.73 Å². The zero-order valence-electron chi connectivity index (χ0n) is 10.9. The molecule has 0 aliphatic heterocycles. The number of unbranched alkanes of at least 4 members (excludes halogenated alkanes) is 3. The van der Waals surface area contributed by atoms with Crippen molar-refractivity contribution in [2.45, 2.75) is 32.1 Å². The Balaban J connectivity index is 2.10. The lowest BCUT2D eigenvalue weighted by molar-refractivity contribution is -0.140. The van der Waals surface area contributed by atoms with E-state index >= 15 is 0 Å². The second-order valence-corrected chi connectivity index (χ2v) is 4.24. The molecule has 18 heavy (non-hydrogen) atoms. The molecule has 0 unspecified atom stereocenters. The van der Waals surface area contributed by atoms with Crippen molar-refractivity contribution in [3.05, 3.63) is 35.9 Å². The van der Waals surface area contributed by atoms with Gasteiger partial charge in [0.15, 0.2) is 0 Å². The maximum absolute atomic E-state index is 10.9. The summed E-state index contributed by atoms with van der Waals surface area (Å²) >= 11 is 0. The fourth-order valence-electron chi connectivity index (χ4n) is 1.64. The number of nitrogens with two attached hydrogens (primary N) is 1. The smallest absolute Gasteiger partial charge is 0.305 e. The van der Waals surface area contributed by atoms with Crippen molar-refractivity contribution in [1.29, 1.82) is 0 Å². The zero-order valence-corrected chi connectivity index (χ0v) is 10.9. The van der Waals surface area contributed by atoms with E-state index in [-0.39, 0.29) is 5.97 Å². The van der Waals surface area contributed by atoms with Crippen LogP contribution in [-0.2, 0) is 9.53 Å². The highest BCUT2D eigenvalue weighted by atomic mass is 16.5. The van der Waals surface area contributed by atoms with Gasteiger partial charge in [-0.3, -0.25) is 4.79 Å². The number of carbonyl (C=O) groups excluding carboxylic acids is 1. The molecule has 3 nitrogen and oxygen atoms in total. The summed E-state index contributed by atoms with van der Waals surface area (Å²) in [6, 6.07) is 7.80. The number of hydrogen-bond acceptors (Lipinski definition) is 3. The van der Waals surface area contributed by atoms with Gasteiger partial charge < -0.3 is 10.5 Å². The van der Waals surface area contributed by atoms with Crippen molar-refractivity contribution in [1.82, 2.24) is 0 Å². The molecule has 0 saturated carbocycles. The molecule has 98 valence electrons. The van der Waals surface area contributed by atoms with Crippen LogP contribution >= 0.6 is 0 Å². The molecule has 1 aromatic carbocycles. The average Bonchev–Trinajstić information content (AvgIpc) is 2.39. The number of benzene rings is 1. The molecule has 0 saturated heterocycles. The molecular weight excluding hydrogens is 226 g/mol. The summed E-state index contributed by atoms with van der Waals surface area (Å²) < 4.78 is 4.58. The molecule has 0 heterocycles. The van der Waals surface area contributed by atoms with Crippen molar-refractivity contribution in [3.63, 3.8) is 0 Å². The van der Waals surface area contributed by atoms with E-state index in [2.05, 4.69) is 16.9 Å². The molecule has 2 N–H and O–H groups in total. The minimum absolute atomic E-state index is 0.118. The monoisotopic (exact) mass is 247 g/mol. The van der Waals surface area contributed by atoms with Crippen molar-refractivity contribution >= 4 is 17.7 Å². The third kappa shape index (κ3) is 6.09. The Bertz CT molecular complexity index is 382. The largest absolute Gasteiger partial charge is 0.469 e. The van der Waals surface area contributed by atoms with Gasteiger partial charge in [-0.15, -0.1) is 0 Å². The number of anilines is 1. The first-order chi connectivity index (χ1) is 8.72. The molecular formula is C15H21NO2. The molecule has 0 atom stereocenters. The summed E-state index contributed by atoms with van der Waals surface area (Å²) in [6.45, 7) is 0. The van der Waals surface area contributed by atoms with Crippen molar-refractivity contribution in [2.24, 2.45) is 0 Å². The van der Waals surface area contributed by atoms with E-state index in [1.807, 2.05) is 24.3 Å². The SMILES string of the molecule is COC(=O)CCCCC/C=C/c1ccc(N)cc1. The Kier molecular flexibility index (Phi) is 6.62. The molecule has 0 bridgehead atoms. The summed E-state index contributed by atoms with van der Waals surface area (Å²) in [5.74, 6) is -0.118. The minimum Gasteiger partial charge on any atom is -0.469 e. The third-order valence-corrected chi connectivity index (χ3v) is 2.73. The van der Waals surface area contributed by atoms with Gasteiger partial charge in [0.25, 0.3) is 0 Å². The topological polar surface area (TPSA) is 52.3 Å². The normalized spacial score (nSPS) is 10.7. The van der Waals surface area contributed by atoms with Gasteiger partial charge in [0.05, 0.1) is 7.11 Å². The highest BCUT2D eigenvalue weighted by Gasteiger charge is 1.98. The summed E-state index contributed by atoms with van der Waals surface area (Å²) in [4.78, 5) is 10.9. The molecule has 0 fully saturated rings. The van der Waals surface area contributed by atoms with Gasteiger partial charge in [0, 0.05) is 12.1 Å². The highest BCUT2D eigenvalue weighted by molar-refractivity contribution is 5.68. The van der Waals surface area contributed by atoms with Crippen LogP contribution in [0, 0.1) is 0 Å². The first-order valence-corrected chi connectivity index (χ1v) is 6.31. The maximum Gasteiger partial charge on any atom is 0.305 e. The number of esters is 1. The second-order valence-electron chi connectivity index (χ2n) is 4.24. The quantitative estimate of drug-likeness (QED) is 0.456. The average molecular weight is 247 g/mol. The number of ether oxygens (including phenoxy) is 1. The van der Waals surface area contributed by atoms with Crippen LogP contribution in [-0.4, -0.2) is 13.1 Å². The van der Waals surface area contributed by atoms with E-state index in [9.17, 15) is 4.79 Å². The van der Waals surface area contributed by atoms with E-state index in [1.165, 1.54) is 12.7 Å². The van der Waals surface area contributed by atoms with Gasteiger partial charge in [-0.1, -0.05) is 30.7 Å². The van der Waals surface area contributed by atoms with E-state index < -0.39 is 0 Å². The lowest BCUT2D eigenvalue weighted by Gasteiger charge is -1.98. The maximum atomic E-state index is 10.9. The molecule has 0 spiro atoms. The Morgan fingerprint density at radius 1 is 1.22 bits per heavy atom. The number of methoxy groups -OCH3 is 1. The van der Waals surface area contributed by atoms with Crippen LogP contribution in [0.25, 0.3) is 6.08 Å². The highest BCUT2D eigenvalue weighted by Crippen LogP contribution is 2.09. The van der Waals surface area contributed by atoms with Gasteiger partial charge in [-0.2, -0.15) is 0 Å². The lowest BCUT2D eigenvalue weighted by Crippen LogP contribution is -1.98. The Labute approximate surface area is 109 Å². The number of rotatable bonds is 7. The molecule has 0 aliphatic carbocycles. The van der Waals surface area contributed by atoms with Crippen LogP contribution in [0.5, 0.6) is 0 Å². The molecule has 3 heteroatoms. The van der Waals surface area contributed by atoms with Crippen LogP contribution in [0.15, 0.2) is 30.3 Å². The number of nitrogen functional groups attached to an aromatic ring is 1. The van der Waals surface area contributed by atoms with E-state index in [4.69, 9.17) is 5.73 Å². The van der Waals surface area contributed by atoms with Crippen LogP contribution in [0.3, 0.4) is 0 Å². The van der Waals surface area contributed by atoms with Gasteiger partial charge in [-0.05, 0) is 37.0 Å². The first kappa shape index (κ1) is 14.3. The molecule has 1 rings (SSSR count). The summed E-state index contributed by atoms with van der Waals surface area (Å²) in [7, 11) is 1.43. The number of hydrogen-bond donors (Lipinski definition) is 1. The predicted octanol–water partition coefficient (Wildman–Crippen LogP) is 3.41. The fraction of sp³-hybridized carbons (Fsp3) is 0.400. The van der Waals surface area contributed by atoms with Gasteiger partial charge in [0.2, 0.25) is 0 Å². The molecule has 1 aromatic rings. The standard InChI is InChI=1S/C15H21NO2/c1-18-15(17)8-6-4-2-3-5-7-13-9-11-14(16)12-10-13/h5,7,9-12H,2-4,6,8,16H2,1H3/b7-5+. The van der Waals surface area contributed by atoms with Crippen molar-refractivity contribution in [2.75, 3.05) is 12.8 Å². The van der Waals surface area contributed by atoms with E-state index in [0.29, 0.717) is 6.42 Å². The zero-order chi connectivity index (χ0) is 13.2. The van der Waals surface area contributed by atoms with Gasteiger partial charge >= 0.3 is 5.97 Å². The molecule has 0 radical (unpaired) electrons. The first-order valence-electron chi connectivity index (χ1n) is 6.31. The van der Waals surface area contributed by atoms with Crippen LogP contribution in [0.1, 0.15) is 37.7 Å². The summed E-state index contributed by atoms with van der Waals surface area (Å²) in [6.07, 6.45) is 8.87. The van der Waals surface area contributed by atoms with Crippen LogP contribution in [0.2, 0.25) is 0 Å². The van der Waals surface area contributed by atoms with E-state index in [0.717, 1.165) is 31.4 Å².